The number of aliphatic carboxylic acids is 1. The van der Waals surface area contributed by atoms with Crippen molar-refractivity contribution in [3.63, 3.8) is 0 Å². The predicted molar refractivity (Wildman–Crippen MR) is 69.7 cm³/mol. The van der Waals surface area contributed by atoms with Gasteiger partial charge in [0.2, 0.25) is 0 Å². The summed E-state index contributed by atoms with van der Waals surface area (Å²) in [6.45, 7) is 1.45. The van der Waals surface area contributed by atoms with Crippen molar-refractivity contribution >= 4 is 11.9 Å². The fraction of sp³-hybridized carbons (Fsp3) is 0.357. The summed E-state index contributed by atoms with van der Waals surface area (Å²) in [5.41, 5.74) is -1.81. The van der Waals surface area contributed by atoms with Gasteiger partial charge in [-0.1, -0.05) is 12.1 Å². The molecule has 0 radical (unpaired) electrons. The van der Waals surface area contributed by atoms with Crippen LogP contribution in [0.25, 0.3) is 0 Å². The molecular weight excluding hydrogens is 301 g/mol. The fourth-order valence-corrected chi connectivity index (χ4v) is 1.79. The van der Waals surface area contributed by atoms with Gasteiger partial charge in [-0.3, -0.25) is 4.79 Å². The molecule has 0 aliphatic heterocycles. The Labute approximate surface area is 124 Å². The molecule has 2 N–H and O–H groups in total. The third-order valence-electron chi connectivity index (χ3n) is 2.89. The molecular formula is C14H13F3N2O3. The van der Waals surface area contributed by atoms with E-state index in [2.05, 4.69) is 0 Å². The van der Waals surface area contributed by atoms with E-state index in [0.29, 0.717) is 0 Å². The van der Waals surface area contributed by atoms with Gasteiger partial charge in [-0.2, -0.15) is 18.4 Å². The Bertz CT molecular complexity index is 608. The highest BCUT2D eigenvalue weighted by Gasteiger charge is 2.35. The van der Waals surface area contributed by atoms with Crippen LogP contribution in [0.4, 0.5) is 13.2 Å². The molecule has 1 rings (SSSR count). The van der Waals surface area contributed by atoms with Crippen LogP contribution in [-0.2, 0) is 11.0 Å². The monoisotopic (exact) mass is 314 g/mol. The van der Waals surface area contributed by atoms with E-state index in [1.807, 2.05) is 5.32 Å². The van der Waals surface area contributed by atoms with Gasteiger partial charge in [-0.05, 0) is 25.5 Å². The SMILES string of the molecule is C[C@H](C#N)C[C@@H](NC(=O)c1ccccc1C(F)(F)F)C(=O)O. The van der Waals surface area contributed by atoms with Crippen LogP contribution in [-0.4, -0.2) is 23.0 Å². The summed E-state index contributed by atoms with van der Waals surface area (Å²) in [5, 5.41) is 19.7. The van der Waals surface area contributed by atoms with E-state index in [4.69, 9.17) is 10.4 Å². The largest absolute Gasteiger partial charge is 0.480 e. The lowest BCUT2D eigenvalue weighted by molar-refractivity contribution is -0.139. The Balaban J connectivity index is 3.02. The van der Waals surface area contributed by atoms with E-state index >= 15 is 0 Å². The molecule has 22 heavy (non-hydrogen) atoms. The highest BCUT2D eigenvalue weighted by molar-refractivity contribution is 5.98. The molecule has 0 unspecified atom stereocenters. The number of rotatable bonds is 5. The lowest BCUT2D eigenvalue weighted by Gasteiger charge is -2.17. The number of carbonyl (C=O) groups is 2. The molecule has 0 saturated carbocycles. The number of carboxylic acids is 1. The second-order valence-electron chi connectivity index (χ2n) is 4.67. The summed E-state index contributed by atoms with van der Waals surface area (Å²) in [7, 11) is 0. The van der Waals surface area contributed by atoms with E-state index in [-0.39, 0.29) is 6.42 Å². The van der Waals surface area contributed by atoms with Crippen molar-refractivity contribution < 1.29 is 27.9 Å². The fourth-order valence-electron chi connectivity index (χ4n) is 1.79. The minimum Gasteiger partial charge on any atom is -0.480 e. The highest BCUT2D eigenvalue weighted by Crippen LogP contribution is 2.31. The van der Waals surface area contributed by atoms with Crippen molar-refractivity contribution in [3.8, 4) is 6.07 Å². The number of carboxylic acid groups (broad SMARTS) is 1. The number of nitriles is 1. The number of nitrogens with zero attached hydrogens (tertiary/aromatic N) is 1. The van der Waals surface area contributed by atoms with Crippen LogP contribution in [0.5, 0.6) is 0 Å². The summed E-state index contributed by atoms with van der Waals surface area (Å²) < 4.78 is 38.5. The Morgan fingerprint density at radius 2 is 1.95 bits per heavy atom. The number of hydrogen-bond acceptors (Lipinski definition) is 3. The minimum absolute atomic E-state index is 0.203. The molecule has 1 amide bonds. The molecule has 8 heteroatoms. The van der Waals surface area contributed by atoms with Gasteiger partial charge in [0.15, 0.2) is 0 Å². The van der Waals surface area contributed by atoms with Crippen molar-refractivity contribution in [2.24, 2.45) is 5.92 Å². The third-order valence-corrected chi connectivity index (χ3v) is 2.89. The summed E-state index contributed by atoms with van der Waals surface area (Å²) >= 11 is 0. The van der Waals surface area contributed by atoms with Crippen LogP contribution in [0.15, 0.2) is 24.3 Å². The lowest BCUT2D eigenvalue weighted by Crippen LogP contribution is -2.42. The van der Waals surface area contributed by atoms with Gasteiger partial charge in [-0.15, -0.1) is 0 Å². The van der Waals surface area contributed by atoms with E-state index in [0.717, 1.165) is 18.2 Å². The molecule has 0 fully saturated rings. The number of alkyl halides is 3. The summed E-state index contributed by atoms with van der Waals surface area (Å²) in [5.74, 6) is -3.23. The van der Waals surface area contributed by atoms with E-state index in [1.165, 1.54) is 13.0 Å². The van der Waals surface area contributed by atoms with Crippen LogP contribution >= 0.6 is 0 Å². The normalized spacial score (nSPS) is 13.8. The van der Waals surface area contributed by atoms with Crippen molar-refractivity contribution in [1.29, 1.82) is 5.26 Å². The second kappa shape index (κ2) is 6.93. The second-order valence-corrected chi connectivity index (χ2v) is 4.67. The number of carbonyl (C=O) groups excluding carboxylic acids is 1. The smallest absolute Gasteiger partial charge is 0.417 e. The summed E-state index contributed by atoms with van der Waals surface area (Å²) in [6.07, 6.45) is -4.93. The molecule has 118 valence electrons. The van der Waals surface area contributed by atoms with Gasteiger partial charge < -0.3 is 10.4 Å². The molecule has 0 aliphatic rings. The molecule has 0 spiro atoms. The zero-order valence-electron chi connectivity index (χ0n) is 11.5. The van der Waals surface area contributed by atoms with Gasteiger partial charge in [0.05, 0.1) is 17.2 Å². The molecule has 0 aliphatic carbocycles. The topological polar surface area (TPSA) is 90.2 Å². The van der Waals surface area contributed by atoms with Crippen LogP contribution in [0.1, 0.15) is 29.3 Å². The molecule has 0 heterocycles. The molecule has 0 saturated heterocycles. The first kappa shape index (κ1) is 17.5. The van der Waals surface area contributed by atoms with Gasteiger partial charge >= 0.3 is 12.1 Å². The van der Waals surface area contributed by atoms with E-state index in [9.17, 15) is 22.8 Å². The Morgan fingerprint density at radius 1 is 1.36 bits per heavy atom. The van der Waals surface area contributed by atoms with Gasteiger partial charge in [0, 0.05) is 5.92 Å². The standard InChI is InChI=1S/C14H13F3N2O3/c1-8(7-18)6-11(13(21)22)19-12(20)9-4-2-3-5-10(9)14(15,16)17/h2-5,8,11H,6H2,1H3,(H,19,20)(H,21,22)/t8-,11+/m0/s1. The zero-order chi connectivity index (χ0) is 16.9. The van der Waals surface area contributed by atoms with Crippen molar-refractivity contribution in [2.75, 3.05) is 0 Å². The first-order valence-electron chi connectivity index (χ1n) is 6.26. The number of amides is 1. The number of nitrogens with one attached hydrogen (secondary N) is 1. The van der Waals surface area contributed by atoms with Crippen LogP contribution in [0.3, 0.4) is 0 Å². The molecule has 1 aromatic carbocycles. The van der Waals surface area contributed by atoms with Crippen molar-refractivity contribution in [2.45, 2.75) is 25.6 Å². The predicted octanol–water partition coefficient (Wildman–Crippen LogP) is 2.44. The highest BCUT2D eigenvalue weighted by atomic mass is 19.4. The molecule has 5 nitrogen and oxygen atoms in total. The lowest BCUT2D eigenvalue weighted by atomic mass is 10.0. The Hall–Kier alpha value is -2.56. The summed E-state index contributed by atoms with van der Waals surface area (Å²) in [4.78, 5) is 23.0. The number of halogens is 3. The quantitative estimate of drug-likeness (QED) is 0.873. The average Bonchev–Trinajstić information content (AvgIpc) is 2.45. The maximum atomic E-state index is 12.8. The van der Waals surface area contributed by atoms with E-state index < -0.39 is 41.1 Å². The Morgan fingerprint density at radius 3 is 2.45 bits per heavy atom. The van der Waals surface area contributed by atoms with Crippen LogP contribution in [0, 0.1) is 17.2 Å². The van der Waals surface area contributed by atoms with Gasteiger partial charge in [-0.25, -0.2) is 4.79 Å². The molecule has 0 bridgehead atoms. The van der Waals surface area contributed by atoms with Gasteiger partial charge in [0.25, 0.3) is 5.91 Å². The minimum atomic E-state index is -4.73. The number of benzene rings is 1. The maximum absolute atomic E-state index is 12.8. The van der Waals surface area contributed by atoms with Crippen molar-refractivity contribution in [3.05, 3.63) is 35.4 Å². The Kier molecular flexibility index (Phi) is 5.51. The third kappa shape index (κ3) is 4.48. The van der Waals surface area contributed by atoms with Crippen LogP contribution in [0.2, 0.25) is 0 Å². The summed E-state index contributed by atoms with van der Waals surface area (Å²) in [6, 6.07) is 4.44. The average molecular weight is 314 g/mol. The molecule has 0 aromatic heterocycles. The molecule has 2 atom stereocenters. The zero-order valence-corrected chi connectivity index (χ0v) is 11.5. The first-order chi connectivity index (χ1) is 10.2. The van der Waals surface area contributed by atoms with E-state index in [1.54, 1.807) is 6.07 Å². The maximum Gasteiger partial charge on any atom is 0.417 e. The first-order valence-corrected chi connectivity index (χ1v) is 6.26. The van der Waals surface area contributed by atoms with Crippen LogP contribution < -0.4 is 5.32 Å². The van der Waals surface area contributed by atoms with Crippen molar-refractivity contribution in [1.82, 2.24) is 5.32 Å². The van der Waals surface area contributed by atoms with Gasteiger partial charge in [0.1, 0.15) is 6.04 Å². The number of hydrogen-bond donors (Lipinski definition) is 2. The molecule has 1 aromatic rings.